The van der Waals surface area contributed by atoms with Crippen LogP contribution in [0, 0.1) is 4.77 Å². The number of ether oxygens (including phenoxy) is 1. The fraction of sp³-hybridized carbons (Fsp3) is 0.273. The molecule has 1 aromatic heterocycles. The number of hydrogen-bond donors (Lipinski definition) is 1. The Balaban J connectivity index is 2.17. The molecule has 0 unspecified atom stereocenters. The third kappa shape index (κ3) is 2.68. The maximum atomic E-state index is 5.80. The predicted molar refractivity (Wildman–Crippen MR) is 68.9 cm³/mol. The molecule has 0 saturated carbocycles. The largest absolute Gasteiger partial charge is 0.483 e. The third-order valence-electron chi connectivity index (χ3n) is 2.40. The van der Waals surface area contributed by atoms with Crippen LogP contribution in [0.3, 0.4) is 0 Å². The summed E-state index contributed by atoms with van der Waals surface area (Å²) in [6, 6.07) is 7.21. The third-order valence-corrected chi connectivity index (χ3v) is 3.02. The van der Waals surface area contributed by atoms with Crippen LogP contribution in [0.25, 0.3) is 0 Å². The molecular weight excluding hydrogens is 258 g/mol. The number of aromatic nitrogens is 3. The maximum Gasteiger partial charge on any atom is 0.195 e. The molecule has 0 radical (unpaired) electrons. The first-order chi connectivity index (χ1) is 8.08. The minimum absolute atomic E-state index is 0.186. The normalized spacial score (nSPS) is 12.4. The molecule has 4 nitrogen and oxygen atoms in total. The van der Waals surface area contributed by atoms with Gasteiger partial charge in [-0.25, -0.2) is 0 Å². The molecule has 0 aliphatic heterocycles. The highest BCUT2D eigenvalue weighted by atomic mass is 35.5. The summed E-state index contributed by atoms with van der Waals surface area (Å²) in [5.74, 6) is 1.50. The molecule has 0 amide bonds. The zero-order chi connectivity index (χ0) is 12.4. The second-order valence-corrected chi connectivity index (χ2v) is 4.48. The van der Waals surface area contributed by atoms with Crippen molar-refractivity contribution >= 4 is 23.8 Å². The Hall–Kier alpha value is -1.33. The highest BCUT2D eigenvalue weighted by molar-refractivity contribution is 7.71. The first-order valence-corrected chi connectivity index (χ1v) is 5.90. The molecule has 0 spiro atoms. The Labute approximate surface area is 109 Å². The van der Waals surface area contributed by atoms with Gasteiger partial charge in [-0.3, -0.25) is 5.10 Å². The highest BCUT2D eigenvalue weighted by Gasteiger charge is 2.13. The summed E-state index contributed by atoms with van der Waals surface area (Å²) in [6.45, 7) is 1.92. The Morgan fingerprint density at radius 2 is 2.06 bits per heavy atom. The summed E-state index contributed by atoms with van der Waals surface area (Å²) < 4.78 is 8.10. The van der Waals surface area contributed by atoms with E-state index < -0.39 is 0 Å². The van der Waals surface area contributed by atoms with Crippen molar-refractivity contribution in [2.75, 3.05) is 0 Å². The minimum atomic E-state index is -0.186. The smallest absolute Gasteiger partial charge is 0.195 e. The van der Waals surface area contributed by atoms with Crippen LogP contribution >= 0.6 is 23.8 Å². The van der Waals surface area contributed by atoms with E-state index in [4.69, 9.17) is 28.6 Å². The van der Waals surface area contributed by atoms with Crippen LogP contribution < -0.4 is 4.74 Å². The van der Waals surface area contributed by atoms with Crippen molar-refractivity contribution in [3.05, 3.63) is 39.9 Å². The van der Waals surface area contributed by atoms with Gasteiger partial charge in [0, 0.05) is 12.1 Å². The first kappa shape index (κ1) is 12.1. The molecule has 0 aliphatic carbocycles. The number of hydrogen-bond acceptors (Lipinski definition) is 3. The number of benzene rings is 1. The van der Waals surface area contributed by atoms with Gasteiger partial charge in [-0.05, 0) is 43.4 Å². The van der Waals surface area contributed by atoms with Gasteiger partial charge in [-0.15, -0.1) is 0 Å². The van der Waals surface area contributed by atoms with Crippen molar-refractivity contribution in [3.63, 3.8) is 0 Å². The second kappa shape index (κ2) is 4.89. The van der Waals surface area contributed by atoms with Crippen LogP contribution in [0.15, 0.2) is 24.3 Å². The van der Waals surface area contributed by atoms with E-state index in [2.05, 4.69) is 10.2 Å². The van der Waals surface area contributed by atoms with Gasteiger partial charge in [-0.2, -0.15) is 5.10 Å². The molecule has 1 heterocycles. The maximum absolute atomic E-state index is 5.80. The van der Waals surface area contributed by atoms with Gasteiger partial charge in [0.15, 0.2) is 16.7 Å². The molecule has 0 bridgehead atoms. The summed E-state index contributed by atoms with van der Waals surface area (Å²) in [7, 11) is 1.85. The lowest BCUT2D eigenvalue weighted by atomic mass is 10.3. The summed E-state index contributed by atoms with van der Waals surface area (Å²) in [5, 5.41) is 7.53. The monoisotopic (exact) mass is 269 g/mol. The number of aromatic amines is 1. The Morgan fingerprint density at radius 1 is 1.41 bits per heavy atom. The molecule has 2 rings (SSSR count). The van der Waals surface area contributed by atoms with Crippen molar-refractivity contribution in [3.8, 4) is 5.75 Å². The van der Waals surface area contributed by atoms with Gasteiger partial charge >= 0.3 is 0 Å². The molecular formula is C11H12ClN3OS. The van der Waals surface area contributed by atoms with Crippen LogP contribution in [-0.4, -0.2) is 14.8 Å². The van der Waals surface area contributed by atoms with Crippen LogP contribution in [0.2, 0.25) is 5.02 Å². The van der Waals surface area contributed by atoms with E-state index in [1.165, 1.54) is 0 Å². The van der Waals surface area contributed by atoms with Crippen LogP contribution in [0.1, 0.15) is 18.9 Å². The van der Waals surface area contributed by atoms with Crippen LogP contribution in [-0.2, 0) is 7.05 Å². The minimum Gasteiger partial charge on any atom is -0.483 e. The van der Waals surface area contributed by atoms with E-state index in [0.717, 1.165) is 11.6 Å². The van der Waals surface area contributed by atoms with Crippen molar-refractivity contribution in [2.24, 2.45) is 7.05 Å². The fourth-order valence-corrected chi connectivity index (χ4v) is 1.76. The zero-order valence-corrected chi connectivity index (χ0v) is 11.0. The van der Waals surface area contributed by atoms with Crippen molar-refractivity contribution in [1.29, 1.82) is 0 Å². The average Bonchev–Trinajstić information content (AvgIpc) is 2.63. The standard InChI is InChI=1S/C11H12ClN3OS/c1-7(10-13-14-11(17)15(10)2)16-9-5-3-8(12)4-6-9/h3-7H,1-2H3,(H,14,17)/t7-/m1/s1. The number of nitrogens with one attached hydrogen (secondary N) is 1. The van der Waals surface area contributed by atoms with Crippen molar-refractivity contribution in [2.45, 2.75) is 13.0 Å². The Kier molecular flexibility index (Phi) is 3.49. The van der Waals surface area contributed by atoms with E-state index in [-0.39, 0.29) is 6.10 Å². The SMILES string of the molecule is C[C@@H](Oc1ccc(Cl)cc1)c1n[nH]c(=S)n1C. The van der Waals surface area contributed by atoms with Gasteiger partial charge < -0.3 is 9.30 Å². The molecule has 0 fully saturated rings. The highest BCUT2D eigenvalue weighted by Crippen LogP contribution is 2.21. The molecule has 0 saturated heterocycles. The topological polar surface area (TPSA) is 42.8 Å². The molecule has 6 heteroatoms. The summed E-state index contributed by atoms with van der Waals surface area (Å²) in [6.07, 6.45) is -0.186. The fourth-order valence-electron chi connectivity index (χ4n) is 1.49. The lowest BCUT2D eigenvalue weighted by Gasteiger charge is -2.13. The molecule has 90 valence electrons. The quantitative estimate of drug-likeness (QED) is 0.870. The second-order valence-electron chi connectivity index (χ2n) is 3.66. The van der Waals surface area contributed by atoms with Gasteiger partial charge in [0.25, 0.3) is 0 Å². The lowest BCUT2D eigenvalue weighted by molar-refractivity contribution is 0.212. The molecule has 1 atom stereocenters. The van der Waals surface area contributed by atoms with Gasteiger partial charge in [-0.1, -0.05) is 11.6 Å². The van der Waals surface area contributed by atoms with E-state index in [0.29, 0.717) is 9.79 Å². The summed E-state index contributed by atoms with van der Waals surface area (Å²) >= 11 is 10.8. The molecule has 0 aliphatic rings. The number of nitrogens with zero attached hydrogens (tertiary/aromatic N) is 2. The van der Waals surface area contributed by atoms with E-state index >= 15 is 0 Å². The van der Waals surface area contributed by atoms with Crippen molar-refractivity contribution < 1.29 is 4.74 Å². The average molecular weight is 270 g/mol. The molecule has 17 heavy (non-hydrogen) atoms. The zero-order valence-electron chi connectivity index (χ0n) is 9.48. The van der Waals surface area contributed by atoms with Crippen molar-refractivity contribution in [1.82, 2.24) is 14.8 Å². The van der Waals surface area contributed by atoms with E-state index in [1.807, 2.05) is 26.1 Å². The molecule has 1 aromatic carbocycles. The van der Waals surface area contributed by atoms with E-state index in [9.17, 15) is 0 Å². The summed E-state index contributed by atoms with van der Waals surface area (Å²) in [4.78, 5) is 0. The van der Waals surface area contributed by atoms with Gasteiger partial charge in [0.1, 0.15) is 5.75 Å². The number of rotatable bonds is 3. The lowest BCUT2D eigenvalue weighted by Crippen LogP contribution is -2.09. The van der Waals surface area contributed by atoms with Gasteiger partial charge in [0.2, 0.25) is 0 Å². The van der Waals surface area contributed by atoms with E-state index in [1.54, 1.807) is 16.7 Å². The summed E-state index contributed by atoms with van der Waals surface area (Å²) in [5.41, 5.74) is 0. The predicted octanol–water partition coefficient (Wildman–Crippen LogP) is 3.27. The Bertz CT molecular complexity index is 561. The van der Waals surface area contributed by atoms with Crippen LogP contribution in [0.5, 0.6) is 5.75 Å². The first-order valence-electron chi connectivity index (χ1n) is 5.11. The van der Waals surface area contributed by atoms with Gasteiger partial charge in [0.05, 0.1) is 0 Å². The Morgan fingerprint density at radius 3 is 2.59 bits per heavy atom. The molecule has 1 N–H and O–H groups in total. The number of halogens is 1. The number of H-pyrrole nitrogens is 1. The molecule has 2 aromatic rings. The van der Waals surface area contributed by atoms with Crippen LogP contribution in [0.4, 0.5) is 0 Å².